The number of nitrogens with two attached hydrogens (primary N) is 1. The van der Waals surface area contributed by atoms with Crippen molar-refractivity contribution >= 4 is 49.2 Å². The van der Waals surface area contributed by atoms with Gasteiger partial charge in [0.1, 0.15) is 26.6 Å². The third-order valence-electron chi connectivity index (χ3n) is 4.67. The molecule has 1 unspecified atom stereocenters. The molecule has 0 spiro atoms. The van der Waals surface area contributed by atoms with Gasteiger partial charge in [0.25, 0.3) is 0 Å². The van der Waals surface area contributed by atoms with Gasteiger partial charge in [-0.3, -0.25) is 0 Å². The van der Waals surface area contributed by atoms with Crippen LogP contribution in [0.2, 0.25) is 0 Å². The zero-order chi connectivity index (χ0) is 21.3. The molecular weight excluding hydrogens is 492 g/mol. The van der Waals surface area contributed by atoms with Crippen LogP contribution in [0.5, 0.6) is 0 Å². The van der Waals surface area contributed by atoms with Crippen LogP contribution in [0.4, 0.5) is 13.9 Å². The number of aryl methyl sites for hydroxylation is 1. The second-order valence-electron chi connectivity index (χ2n) is 6.73. The van der Waals surface area contributed by atoms with Crippen LogP contribution in [0.3, 0.4) is 0 Å². The summed E-state index contributed by atoms with van der Waals surface area (Å²) in [6.07, 6.45) is 1.35. The molecule has 0 radical (unpaired) electrons. The number of hydrazone groups is 1. The SMILES string of the molecule is Cc1nnc(N2N=C(c3cc(F)ccc3F)SC2(CCCN)c2ccc(Br)cc2)s1. The predicted molar refractivity (Wildman–Crippen MR) is 122 cm³/mol. The lowest BCUT2D eigenvalue weighted by Gasteiger charge is -2.35. The van der Waals surface area contributed by atoms with Crippen molar-refractivity contribution in [2.24, 2.45) is 10.8 Å². The minimum Gasteiger partial charge on any atom is -0.330 e. The summed E-state index contributed by atoms with van der Waals surface area (Å²) in [7, 11) is 0. The van der Waals surface area contributed by atoms with Crippen LogP contribution in [0.25, 0.3) is 0 Å². The van der Waals surface area contributed by atoms with Gasteiger partial charge < -0.3 is 5.73 Å². The maximum Gasteiger partial charge on any atom is 0.230 e. The topological polar surface area (TPSA) is 67.4 Å². The van der Waals surface area contributed by atoms with Gasteiger partial charge in [-0.1, -0.05) is 51.2 Å². The van der Waals surface area contributed by atoms with E-state index >= 15 is 0 Å². The van der Waals surface area contributed by atoms with Gasteiger partial charge in [0.15, 0.2) is 0 Å². The molecule has 2 aromatic carbocycles. The Labute approximate surface area is 189 Å². The van der Waals surface area contributed by atoms with Crippen molar-refractivity contribution in [2.75, 3.05) is 11.6 Å². The smallest absolute Gasteiger partial charge is 0.230 e. The normalized spacial score (nSPS) is 18.7. The number of nitrogens with zero attached hydrogens (tertiary/aromatic N) is 4. The van der Waals surface area contributed by atoms with Gasteiger partial charge in [0, 0.05) is 10.0 Å². The van der Waals surface area contributed by atoms with Crippen LogP contribution in [-0.4, -0.2) is 21.8 Å². The predicted octanol–water partition coefficient (Wildman–Crippen LogP) is 5.39. The van der Waals surface area contributed by atoms with E-state index in [2.05, 4.69) is 26.1 Å². The average molecular weight is 510 g/mol. The lowest BCUT2D eigenvalue weighted by Crippen LogP contribution is -2.38. The fourth-order valence-corrected chi connectivity index (χ4v) is 5.72. The summed E-state index contributed by atoms with van der Waals surface area (Å²) in [4.78, 5) is -0.708. The first-order valence-electron chi connectivity index (χ1n) is 9.22. The van der Waals surface area contributed by atoms with E-state index in [1.165, 1.54) is 29.2 Å². The summed E-state index contributed by atoms with van der Waals surface area (Å²) in [5, 5.41) is 16.7. The molecule has 0 saturated heterocycles. The molecule has 30 heavy (non-hydrogen) atoms. The molecule has 4 rings (SSSR count). The highest BCUT2D eigenvalue weighted by molar-refractivity contribution is 9.10. The Morgan fingerprint density at radius 3 is 2.57 bits per heavy atom. The van der Waals surface area contributed by atoms with Crippen LogP contribution in [0.1, 0.15) is 29.0 Å². The third-order valence-corrected chi connectivity index (χ3v) is 7.46. The number of rotatable bonds is 6. The number of anilines is 1. The molecule has 5 nitrogen and oxygen atoms in total. The fourth-order valence-electron chi connectivity index (χ4n) is 3.27. The zero-order valence-corrected chi connectivity index (χ0v) is 19.2. The Hall–Kier alpha value is -1.88. The minimum absolute atomic E-state index is 0.123. The van der Waals surface area contributed by atoms with Gasteiger partial charge in [-0.05, 0) is 62.2 Å². The highest BCUT2D eigenvalue weighted by Crippen LogP contribution is 2.52. The van der Waals surface area contributed by atoms with Crippen molar-refractivity contribution in [2.45, 2.75) is 24.6 Å². The number of hydrogen-bond acceptors (Lipinski definition) is 7. The summed E-state index contributed by atoms with van der Waals surface area (Å²) in [6.45, 7) is 2.36. The van der Waals surface area contributed by atoms with E-state index < -0.39 is 16.5 Å². The minimum atomic E-state index is -0.708. The average Bonchev–Trinajstić information content (AvgIpc) is 3.33. The maximum atomic E-state index is 14.6. The van der Waals surface area contributed by atoms with Crippen LogP contribution in [0.15, 0.2) is 52.0 Å². The lowest BCUT2D eigenvalue weighted by atomic mass is 10.0. The van der Waals surface area contributed by atoms with E-state index in [1.54, 1.807) is 5.01 Å². The molecule has 156 valence electrons. The van der Waals surface area contributed by atoms with Crippen LogP contribution < -0.4 is 10.7 Å². The largest absolute Gasteiger partial charge is 0.330 e. The molecule has 10 heteroatoms. The first kappa shape index (κ1) is 21.4. The number of hydrogen-bond donors (Lipinski definition) is 1. The van der Waals surface area contributed by atoms with Crippen molar-refractivity contribution in [3.63, 3.8) is 0 Å². The molecule has 0 amide bonds. The first-order valence-corrected chi connectivity index (χ1v) is 11.6. The van der Waals surface area contributed by atoms with Crippen molar-refractivity contribution in [3.8, 4) is 0 Å². The number of aromatic nitrogens is 2. The zero-order valence-electron chi connectivity index (χ0n) is 16.0. The molecule has 1 aliphatic rings. The Balaban J connectivity index is 1.88. The highest BCUT2D eigenvalue weighted by atomic mass is 79.9. The fraction of sp³-hybridized carbons (Fsp3) is 0.250. The number of halogens is 3. The monoisotopic (exact) mass is 509 g/mol. The van der Waals surface area contributed by atoms with Crippen molar-refractivity contribution < 1.29 is 8.78 Å². The molecule has 1 aromatic heterocycles. The quantitative estimate of drug-likeness (QED) is 0.482. The van der Waals surface area contributed by atoms with E-state index in [0.717, 1.165) is 27.2 Å². The van der Waals surface area contributed by atoms with Gasteiger partial charge in [-0.25, -0.2) is 13.8 Å². The molecule has 3 aromatic rings. The Morgan fingerprint density at radius 2 is 1.90 bits per heavy atom. The number of thioether (sulfide) groups is 1. The molecule has 0 bridgehead atoms. The number of benzene rings is 2. The molecular formula is C20H18BrF2N5S2. The van der Waals surface area contributed by atoms with Gasteiger partial charge in [-0.15, -0.1) is 10.2 Å². The van der Waals surface area contributed by atoms with Crippen LogP contribution in [-0.2, 0) is 4.87 Å². The second kappa shape index (κ2) is 8.70. The molecule has 1 atom stereocenters. The summed E-state index contributed by atoms with van der Waals surface area (Å²) in [6, 6.07) is 11.3. The van der Waals surface area contributed by atoms with Gasteiger partial charge in [0.2, 0.25) is 5.13 Å². The van der Waals surface area contributed by atoms with E-state index in [0.29, 0.717) is 29.6 Å². The Morgan fingerprint density at radius 1 is 1.13 bits per heavy atom. The third kappa shape index (κ3) is 4.01. The first-order chi connectivity index (χ1) is 14.4. The highest BCUT2D eigenvalue weighted by Gasteiger charge is 2.47. The van der Waals surface area contributed by atoms with Crippen LogP contribution in [0, 0.1) is 18.6 Å². The molecule has 0 saturated carbocycles. The second-order valence-corrected chi connectivity index (χ2v) is 10.1. The van der Waals surface area contributed by atoms with Gasteiger partial charge in [-0.2, -0.15) is 5.10 Å². The lowest BCUT2D eigenvalue weighted by molar-refractivity contribution is 0.525. The Kier molecular flexibility index (Phi) is 6.19. The summed E-state index contributed by atoms with van der Waals surface area (Å²) < 4.78 is 29.4. The van der Waals surface area contributed by atoms with E-state index in [4.69, 9.17) is 10.8 Å². The van der Waals surface area contributed by atoms with Crippen LogP contribution >= 0.6 is 39.0 Å². The van der Waals surface area contributed by atoms with Gasteiger partial charge in [0.05, 0.1) is 0 Å². The summed E-state index contributed by atoms with van der Waals surface area (Å²) in [5.74, 6) is -1.04. The summed E-state index contributed by atoms with van der Waals surface area (Å²) >= 11 is 6.25. The molecule has 2 N–H and O–H groups in total. The van der Waals surface area contributed by atoms with E-state index in [-0.39, 0.29) is 5.56 Å². The molecule has 2 heterocycles. The van der Waals surface area contributed by atoms with E-state index in [1.807, 2.05) is 31.2 Å². The Bertz CT molecular complexity index is 1090. The molecule has 0 aliphatic carbocycles. The van der Waals surface area contributed by atoms with Gasteiger partial charge >= 0.3 is 0 Å². The maximum absolute atomic E-state index is 14.6. The molecule has 1 aliphatic heterocycles. The molecule has 0 fully saturated rings. The van der Waals surface area contributed by atoms with Crippen molar-refractivity contribution in [1.29, 1.82) is 0 Å². The standard InChI is InChI=1S/C20H18BrF2N5S2/c1-12-25-26-19(29-12)28-20(9-2-10-24,13-3-5-14(21)6-4-13)30-18(27-28)16-11-15(22)7-8-17(16)23/h3-8,11H,2,9-10,24H2,1H3. The van der Waals surface area contributed by atoms with Crippen molar-refractivity contribution in [1.82, 2.24) is 10.2 Å². The van der Waals surface area contributed by atoms with E-state index in [9.17, 15) is 8.78 Å². The van der Waals surface area contributed by atoms with Crippen molar-refractivity contribution in [3.05, 3.63) is 74.7 Å². The summed E-state index contributed by atoms with van der Waals surface area (Å²) in [5.41, 5.74) is 6.93.